The van der Waals surface area contributed by atoms with Crippen molar-refractivity contribution in [3.63, 3.8) is 0 Å². The van der Waals surface area contributed by atoms with Crippen molar-refractivity contribution in [2.24, 2.45) is 12.0 Å². The van der Waals surface area contributed by atoms with Crippen molar-refractivity contribution in [3.8, 4) is 17.2 Å². The van der Waals surface area contributed by atoms with Crippen molar-refractivity contribution >= 4 is 23.7 Å². The average molecular weight is 609 g/mol. The third-order valence-corrected chi connectivity index (χ3v) is 8.37. The molecule has 1 saturated heterocycles. The molecular weight excluding hydrogens is 582 g/mol. The van der Waals surface area contributed by atoms with Crippen LogP contribution in [0.15, 0.2) is 66.1 Å². The number of fused-ring (bicyclic) bond motifs is 1. The molecule has 222 valence electrons. The van der Waals surface area contributed by atoms with E-state index in [9.17, 15) is 19.6 Å². The van der Waals surface area contributed by atoms with E-state index in [0.717, 1.165) is 5.06 Å². The first-order valence-corrected chi connectivity index (χ1v) is 13.9. The Hall–Kier alpha value is -4.15. The fraction of sp³-hybridized carbons (Fsp3) is 0.333. The quantitative estimate of drug-likeness (QED) is 0.380. The minimum atomic E-state index is -1.88. The van der Waals surface area contributed by atoms with Crippen molar-refractivity contribution in [2.45, 2.75) is 42.4 Å². The standard InChI is InChI=1S/C30H27ClF2N6O4/c1-38-12-11-35-25(38)13-24(40)30(16-29(17-34)36-9-2-10-37-29)21-8-7-20(18-3-5-19(31)6-4-18)27(33)26(21)28(41)39(30)43-15-23-22(32)14-42-23/h2-12,22-24,36,40H,13-16H2,1H3/t22?,23?,24?,29?,30-/m1/s1. The van der Waals surface area contributed by atoms with Gasteiger partial charge in [0.15, 0.2) is 6.17 Å². The van der Waals surface area contributed by atoms with E-state index >= 15 is 4.39 Å². The summed E-state index contributed by atoms with van der Waals surface area (Å²) in [5, 5.41) is 26.6. The monoisotopic (exact) mass is 608 g/mol. The van der Waals surface area contributed by atoms with Crippen LogP contribution in [-0.4, -0.2) is 69.1 Å². The zero-order chi connectivity index (χ0) is 30.4. The molecule has 3 aliphatic rings. The second-order valence-corrected chi connectivity index (χ2v) is 11.1. The van der Waals surface area contributed by atoms with Gasteiger partial charge in [-0.05, 0) is 29.3 Å². The lowest BCUT2D eigenvalue weighted by atomic mass is 9.76. The highest BCUT2D eigenvalue weighted by atomic mass is 35.5. The molecule has 5 atom stereocenters. The van der Waals surface area contributed by atoms with Crippen LogP contribution in [0, 0.1) is 17.1 Å². The molecule has 4 unspecified atom stereocenters. The number of allylic oxidation sites excluding steroid dienone is 1. The summed E-state index contributed by atoms with van der Waals surface area (Å²) in [6.07, 6.45) is 3.53. The number of ether oxygens (including phenoxy) is 1. The van der Waals surface area contributed by atoms with Gasteiger partial charge in [0.25, 0.3) is 5.91 Å². The minimum absolute atomic E-state index is 0.0851. The number of benzene rings is 2. The largest absolute Gasteiger partial charge is 0.390 e. The van der Waals surface area contributed by atoms with Crippen LogP contribution in [-0.2, 0) is 28.6 Å². The third-order valence-electron chi connectivity index (χ3n) is 8.12. The van der Waals surface area contributed by atoms with Gasteiger partial charge in [0.2, 0.25) is 5.66 Å². The normalized spacial score (nSPS) is 26.5. The fourth-order valence-electron chi connectivity index (χ4n) is 5.73. The number of hydrogen-bond acceptors (Lipinski definition) is 8. The summed E-state index contributed by atoms with van der Waals surface area (Å²) in [5.41, 5.74) is -3.23. The van der Waals surface area contributed by atoms with Crippen LogP contribution in [0.4, 0.5) is 8.78 Å². The van der Waals surface area contributed by atoms with Crippen molar-refractivity contribution in [3.05, 3.63) is 88.9 Å². The second-order valence-electron chi connectivity index (χ2n) is 10.7. The number of halogens is 3. The molecule has 6 rings (SSSR count). The minimum Gasteiger partial charge on any atom is -0.390 e. The summed E-state index contributed by atoms with van der Waals surface area (Å²) < 4.78 is 37.6. The lowest BCUT2D eigenvalue weighted by Crippen LogP contribution is -2.59. The average Bonchev–Trinajstić information content (AvgIpc) is 3.51. The number of amides is 1. The van der Waals surface area contributed by atoms with E-state index in [0.29, 0.717) is 16.4 Å². The molecule has 0 spiro atoms. The van der Waals surface area contributed by atoms with E-state index in [4.69, 9.17) is 21.2 Å². The molecule has 0 saturated carbocycles. The third kappa shape index (κ3) is 4.88. The van der Waals surface area contributed by atoms with Crippen molar-refractivity contribution < 1.29 is 28.3 Å². The highest BCUT2D eigenvalue weighted by molar-refractivity contribution is 6.30. The van der Waals surface area contributed by atoms with Gasteiger partial charge >= 0.3 is 0 Å². The molecule has 10 nitrogen and oxygen atoms in total. The Morgan fingerprint density at radius 2 is 2.12 bits per heavy atom. The smallest absolute Gasteiger partial charge is 0.281 e. The van der Waals surface area contributed by atoms with Crippen LogP contribution in [0.2, 0.25) is 5.02 Å². The summed E-state index contributed by atoms with van der Waals surface area (Å²) in [6, 6.07) is 11.6. The van der Waals surface area contributed by atoms with E-state index in [1.54, 1.807) is 54.3 Å². The van der Waals surface area contributed by atoms with Crippen LogP contribution < -0.4 is 5.32 Å². The summed E-state index contributed by atoms with van der Waals surface area (Å²) >= 11 is 6.03. The highest BCUT2D eigenvalue weighted by Crippen LogP contribution is 2.50. The maximum absolute atomic E-state index is 16.5. The number of aliphatic hydroxyl groups excluding tert-OH is 1. The van der Waals surface area contributed by atoms with Crippen LogP contribution in [0.25, 0.3) is 11.1 Å². The van der Waals surface area contributed by atoms with Gasteiger partial charge in [0.1, 0.15) is 36.0 Å². The Morgan fingerprint density at radius 3 is 2.72 bits per heavy atom. The number of hydrogen-bond donors (Lipinski definition) is 2. The fourth-order valence-corrected chi connectivity index (χ4v) is 5.85. The molecule has 13 heteroatoms. The number of imidazole rings is 1. The molecule has 1 fully saturated rings. The van der Waals surface area contributed by atoms with Gasteiger partial charge in [-0.3, -0.25) is 14.6 Å². The molecule has 0 radical (unpaired) electrons. The molecule has 0 aliphatic carbocycles. The van der Waals surface area contributed by atoms with Crippen LogP contribution in [0.5, 0.6) is 0 Å². The van der Waals surface area contributed by atoms with E-state index in [1.165, 1.54) is 24.5 Å². The lowest BCUT2D eigenvalue weighted by molar-refractivity contribution is -0.253. The van der Waals surface area contributed by atoms with Crippen LogP contribution >= 0.6 is 11.6 Å². The maximum atomic E-state index is 16.5. The number of aliphatic imine (C=N–C) groups is 1. The molecule has 4 heterocycles. The number of carbonyl (C=O) groups excluding carboxylic acids is 1. The number of carbonyl (C=O) groups is 1. The summed E-state index contributed by atoms with van der Waals surface area (Å²) in [7, 11) is 1.74. The van der Waals surface area contributed by atoms with Gasteiger partial charge in [-0.25, -0.2) is 18.8 Å². The van der Waals surface area contributed by atoms with Gasteiger partial charge in [0.05, 0.1) is 18.3 Å². The maximum Gasteiger partial charge on any atom is 0.281 e. The second kappa shape index (κ2) is 11.2. The molecule has 2 N–H and O–H groups in total. The van der Waals surface area contributed by atoms with E-state index in [2.05, 4.69) is 21.4 Å². The first kappa shape index (κ1) is 28.9. The Balaban J connectivity index is 1.53. The van der Waals surface area contributed by atoms with Crippen LogP contribution in [0.1, 0.15) is 28.2 Å². The molecule has 43 heavy (non-hydrogen) atoms. The molecular formula is C30H27ClF2N6O4. The van der Waals surface area contributed by atoms with Gasteiger partial charge in [-0.2, -0.15) is 5.26 Å². The number of nitrogens with one attached hydrogen (secondary N) is 1. The number of nitriles is 1. The molecule has 3 aromatic rings. The van der Waals surface area contributed by atoms with E-state index < -0.39 is 41.3 Å². The summed E-state index contributed by atoms with van der Waals surface area (Å²) in [4.78, 5) is 28.8. The zero-order valence-electron chi connectivity index (χ0n) is 23.0. The molecule has 1 amide bonds. The number of hydroxylamine groups is 2. The zero-order valence-corrected chi connectivity index (χ0v) is 23.7. The van der Waals surface area contributed by atoms with Gasteiger partial charge in [0, 0.05) is 55.3 Å². The van der Waals surface area contributed by atoms with Crippen molar-refractivity contribution in [1.82, 2.24) is 19.9 Å². The Kier molecular flexibility index (Phi) is 7.52. The Morgan fingerprint density at radius 1 is 1.33 bits per heavy atom. The number of alkyl halides is 1. The number of nitrogens with zero attached hydrogens (tertiary/aromatic N) is 5. The lowest BCUT2D eigenvalue weighted by Gasteiger charge is -2.45. The topological polar surface area (TPSA) is 125 Å². The number of aryl methyl sites for hydroxylation is 1. The predicted molar refractivity (Wildman–Crippen MR) is 152 cm³/mol. The van der Waals surface area contributed by atoms with Crippen molar-refractivity contribution in [2.75, 3.05) is 13.2 Å². The van der Waals surface area contributed by atoms with Crippen LogP contribution in [0.3, 0.4) is 0 Å². The molecule has 2 aromatic carbocycles. The van der Waals surface area contributed by atoms with Crippen molar-refractivity contribution in [1.29, 1.82) is 5.26 Å². The first-order valence-electron chi connectivity index (χ1n) is 13.5. The summed E-state index contributed by atoms with van der Waals surface area (Å²) in [5.74, 6) is -1.29. The summed E-state index contributed by atoms with van der Waals surface area (Å²) in [6.45, 7) is -0.504. The van der Waals surface area contributed by atoms with Gasteiger partial charge in [-0.1, -0.05) is 35.9 Å². The number of aliphatic hydroxyl groups is 1. The van der Waals surface area contributed by atoms with E-state index in [-0.39, 0.29) is 42.7 Å². The Bertz CT molecular complexity index is 1660. The number of rotatable bonds is 9. The number of aromatic nitrogens is 2. The van der Waals surface area contributed by atoms with Gasteiger partial charge in [-0.15, -0.1) is 0 Å². The highest BCUT2D eigenvalue weighted by Gasteiger charge is 2.61. The molecule has 3 aliphatic heterocycles. The van der Waals surface area contributed by atoms with E-state index in [1.807, 2.05) is 0 Å². The SMILES string of the molecule is Cn1ccnc1CC(O)[C@@]1(CC2(C#N)N=CC=CN2)c2ccc(-c3ccc(Cl)cc3)c(F)c2C(=O)N1OCC1OCC1F. The first-order chi connectivity index (χ1) is 20.7. The molecule has 1 aromatic heterocycles. The Labute approximate surface area is 250 Å². The van der Waals surface area contributed by atoms with Gasteiger partial charge < -0.3 is 19.7 Å². The molecule has 0 bridgehead atoms. The predicted octanol–water partition coefficient (Wildman–Crippen LogP) is 3.60.